The summed E-state index contributed by atoms with van der Waals surface area (Å²) in [6.07, 6.45) is 3.24. The van der Waals surface area contributed by atoms with Crippen LogP contribution in [0.4, 0.5) is 0 Å². The van der Waals surface area contributed by atoms with Gasteiger partial charge < -0.3 is 10.0 Å². The Labute approximate surface area is 137 Å². The van der Waals surface area contributed by atoms with Crippen molar-refractivity contribution in [2.24, 2.45) is 17.3 Å². The number of likely N-dealkylation sites (tertiary alicyclic amines) is 1. The van der Waals surface area contributed by atoms with Crippen molar-refractivity contribution in [2.45, 2.75) is 39.5 Å². The van der Waals surface area contributed by atoms with Crippen molar-refractivity contribution >= 4 is 11.9 Å². The van der Waals surface area contributed by atoms with Crippen molar-refractivity contribution < 1.29 is 14.7 Å². The smallest absolute Gasteiger partial charge is 0.307 e. The summed E-state index contributed by atoms with van der Waals surface area (Å²) in [6.45, 7) is 5.47. The van der Waals surface area contributed by atoms with Crippen LogP contribution >= 0.6 is 0 Å². The van der Waals surface area contributed by atoms with Gasteiger partial charge in [0.2, 0.25) is 5.91 Å². The summed E-state index contributed by atoms with van der Waals surface area (Å²) in [6, 6.07) is 8.34. The van der Waals surface area contributed by atoms with Gasteiger partial charge in [-0.25, -0.2) is 0 Å². The fourth-order valence-electron chi connectivity index (χ4n) is 3.90. The van der Waals surface area contributed by atoms with Crippen molar-refractivity contribution in [3.63, 3.8) is 0 Å². The van der Waals surface area contributed by atoms with Gasteiger partial charge in [-0.2, -0.15) is 0 Å². The van der Waals surface area contributed by atoms with Crippen LogP contribution in [0.3, 0.4) is 0 Å². The summed E-state index contributed by atoms with van der Waals surface area (Å²) < 4.78 is 0. The Balaban J connectivity index is 1.53. The fourth-order valence-corrected chi connectivity index (χ4v) is 3.90. The van der Waals surface area contributed by atoms with Gasteiger partial charge in [0, 0.05) is 19.0 Å². The van der Waals surface area contributed by atoms with E-state index in [0.29, 0.717) is 13.1 Å². The third-order valence-corrected chi connectivity index (χ3v) is 5.64. The normalized spacial score (nSPS) is 23.6. The number of carboxylic acids is 1. The Hall–Kier alpha value is -1.84. The number of carboxylic acid groups (broad SMARTS) is 1. The minimum absolute atomic E-state index is 0.0111. The first-order valence-corrected chi connectivity index (χ1v) is 8.48. The molecule has 1 aromatic carbocycles. The molecular formula is C19H25NO3. The number of piperidine rings is 1. The highest BCUT2D eigenvalue weighted by atomic mass is 16.4. The molecule has 4 heteroatoms. The maximum absolute atomic E-state index is 12.6. The van der Waals surface area contributed by atoms with Gasteiger partial charge in [-0.1, -0.05) is 36.8 Å². The van der Waals surface area contributed by atoms with Gasteiger partial charge in [-0.15, -0.1) is 0 Å². The topological polar surface area (TPSA) is 57.6 Å². The lowest BCUT2D eigenvalue weighted by Crippen LogP contribution is -2.42. The first kappa shape index (κ1) is 16.0. The predicted molar refractivity (Wildman–Crippen MR) is 88.0 cm³/mol. The van der Waals surface area contributed by atoms with Crippen LogP contribution in [0, 0.1) is 24.2 Å². The second kappa shape index (κ2) is 5.99. The molecule has 0 aromatic heterocycles. The number of hydrogen-bond donors (Lipinski definition) is 1. The zero-order chi connectivity index (χ0) is 16.6. The van der Waals surface area contributed by atoms with Crippen LogP contribution in [-0.4, -0.2) is 35.0 Å². The lowest BCUT2D eigenvalue weighted by atomic mass is 9.89. The minimum Gasteiger partial charge on any atom is -0.481 e. The highest BCUT2D eigenvalue weighted by Crippen LogP contribution is 2.59. The Morgan fingerprint density at radius 2 is 1.87 bits per heavy atom. The molecule has 1 saturated carbocycles. The van der Waals surface area contributed by atoms with Crippen LogP contribution in [0.5, 0.6) is 0 Å². The van der Waals surface area contributed by atoms with Crippen molar-refractivity contribution in [1.82, 2.24) is 4.90 Å². The van der Waals surface area contributed by atoms with E-state index in [9.17, 15) is 9.59 Å². The molecule has 1 N–H and O–H groups in total. The Kier molecular flexibility index (Phi) is 4.17. The molecule has 2 atom stereocenters. The van der Waals surface area contributed by atoms with Crippen LogP contribution in [0.1, 0.15) is 37.3 Å². The van der Waals surface area contributed by atoms with Crippen LogP contribution in [0.2, 0.25) is 0 Å². The van der Waals surface area contributed by atoms with Crippen molar-refractivity contribution in [1.29, 1.82) is 0 Å². The van der Waals surface area contributed by atoms with Crippen LogP contribution in [0.15, 0.2) is 24.3 Å². The summed E-state index contributed by atoms with van der Waals surface area (Å²) in [4.78, 5) is 25.7. The van der Waals surface area contributed by atoms with Gasteiger partial charge in [0.1, 0.15) is 0 Å². The van der Waals surface area contributed by atoms with E-state index in [4.69, 9.17) is 5.11 Å². The van der Waals surface area contributed by atoms with E-state index in [1.807, 2.05) is 11.8 Å². The van der Waals surface area contributed by atoms with E-state index in [0.717, 1.165) is 25.7 Å². The van der Waals surface area contributed by atoms with Gasteiger partial charge in [-0.3, -0.25) is 9.59 Å². The molecule has 1 heterocycles. The van der Waals surface area contributed by atoms with Crippen LogP contribution in [-0.2, 0) is 16.0 Å². The summed E-state index contributed by atoms with van der Waals surface area (Å²) >= 11 is 0. The lowest BCUT2D eigenvalue weighted by molar-refractivity contribution is -0.140. The molecule has 2 unspecified atom stereocenters. The average Bonchev–Trinajstić information content (AvgIpc) is 3.24. The monoisotopic (exact) mass is 315 g/mol. The largest absolute Gasteiger partial charge is 0.481 e. The van der Waals surface area contributed by atoms with E-state index in [1.54, 1.807) is 0 Å². The fraction of sp³-hybridized carbons (Fsp3) is 0.579. The van der Waals surface area contributed by atoms with E-state index < -0.39 is 5.97 Å². The predicted octanol–water partition coefficient (Wildman–Crippen LogP) is 2.89. The summed E-state index contributed by atoms with van der Waals surface area (Å²) in [7, 11) is 0. The zero-order valence-corrected chi connectivity index (χ0v) is 13.9. The Bertz CT molecular complexity index is 600. The number of carbonyl (C=O) groups excluding carboxylic acids is 1. The number of carbonyl (C=O) groups is 2. The van der Waals surface area contributed by atoms with Crippen LogP contribution < -0.4 is 0 Å². The maximum Gasteiger partial charge on any atom is 0.307 e. The summed E-state index contributed by atoms with van der Waals surface area (Å²) in [5.41, 5.74) is 2.41. The number of nitrogens with zero attached hydrogens (tertiary/aromatic N) is 1. The van der Waals surface area contributed by atoms with E-state index in [1.165, 1.54) is 11.1 Å². The molecule has 1 aliphatic carbocycles. The number of aliphatic carboxylic acids is 1. The number of aryl methyl sites for hydroxylation is 1. The molecule has 23 heavy (non-hydrogen) atoms. The SMILES string of the molecule is Cc1ccc(CC(C)C(=O)N2CCC3(CC2)CC3C(=O)O)cc1. The number of rotatable bonds is 4. The molecule has 2 aliphatic rings. The molecule has 0 bridgehead atoms. The van der Waals surface area contributed by atoms with Gasteiger partial charge in [-0.05, 0) is 43.6 Å². The number of benzene rings is 1. The van der Waals surface area contributed by atoms with E-state index in [-0.39, 0.29) is 23.2 Å². The minimum atomic E-state index is -0.669. The molecule has 1 spiro atoms. The maximum atomic E-state index is 12.6. The number of amides is 1. The van der Waals surface area contributed by atoms with Gasteiger partial charge in [0.15, 0.2) is 0 Å². The first-order valence-electron chi connectivity index (χ1n) is 8.48. The summed E-state index contributed by atoms with van der Waals surface area (Å²) in [5, 5.41) is 9.14. The molecule has 4 nitrogen and oxygen atoms in total. The third kappa shape index (κ3) is 3.26. The molecule has 0 radical (unpaired) electrons. The highest BCUT2D eigenvalue weighted by Gasteiger charge is 2.59. The second-order valence-electron chi connectivity index (χ2n) is 7.37. The highest BCUT2D eigenvalue weighted by molar-refractivity contribution is 5.79. The Morgan fingerprint density at radius 3 is 2.39 bits per heavy atom. The average molecular weight is 315 g/mol. The molecule has 1 aliphatic heterocycles. The van der Waals surface area contributed by atoms with Crippen molar-refractivity contribution in [3.05, 3.63) is 35.4 Å². The molecule has 2 fully saturated rings. The molecule has 1 aromatic rings. The quantitative estimate of drug-likeness (QED) is 0.929. The van der Waals surface area contributed by atoms with Gasteiger partial charge >= 0.3 is 5.97 Å². The first-order chi connectivity index (χ1) is 10.9. The van der Waals surface area contributed by atoms with E-state index >= 15 is 0 Å². The lowest BCUT2D eigenvalue weighted by Gasteiger charge is -2.34. The van der Waals surface area contributed by atoms with Gasteiger partial charge in [0.25, 0.3) is 0 Å². The number of hydrogen-bond acceptors (Lipinski definition) is 2. The van der Waals surface area contributed by atoms with Crippen molar-refractivity contribution in [2.75, 3.05) is 13.1 Å². The third-order valence-electron chi connectivity index (χ3n) is 5.64. The second-order valence-corrected chi connectivity index (χ2v) is 7.37. The van der Waals surface area contributed by atoms with Gasteiger partial charge in [0.05, 0.1) is 5.92 Å². The Morgan fingerprint density at radius 1 is 1.26 bits per heavy atom. The summed E-state index contributed by atoms with van der Waals surface area (Å²) in [5.74, 6) is -0.670. The molecule has 1 saturated heterocycles. The van der Waals surface area contributed by atoms with Crippen molar-refractivity contribution in [3.8, 4) is 0 Å². The van der Waals surface area contributed by atoms with Crippen LogP contribution in [0.25, 0.3) is 0 Å². The molecule has 124 valence electrons. The molecule has 1 amide bonds. The molecule has 3 rings (SSSR count). The van der Waals surface area contributed by atoms with E-state index in [2.05, 4.69) is 31.2 Å². The molecular weight excluding hydrogens is 290 g/mol. The zero-order valence-electron chi connectivity index (χ0n) is 13.9. The standard InChI is InChI=1S/C19H25NO3/c1-13-3-5-15(6-4-13)11-14(2)17(21)20-9-7-19(8-10-20)12-16(19)18(22)23/h3-6,14,16H,7-12H2,1-2H3,(H,22,23).